The van der Waals surface area contributed by atoms with E-state index in [0.717, 1.165) is 24.8 Å². The van der Waals surface area contributed by atoms with Crippen LogP contribution in [0.15, 0.2) is 35.5 Å². The van der Waals surface area contributed by atoms with Crippen LogP contribution in [0.5, 0.6) is 0 Å². The van der Waals surface area contributed by atoms with Crippen molar-refractivity contribution in [3.05, 3.63) is 35.5 Å². The summed E-state index contributed by atoms with van der Waals surface area (Å²) in [7, 11) is 0. The van der Waals surface area contributed by atoms with E-state index < -0.39 is 6.10 Å². The Balaban J connectivity index is 1.75. The standard InChI is InChI=1S/C21H26O3/c1-12(22)16-6-7-17-15-5-4-13-10-14(23)8-9-20(13,2)19(15)18(24)11-21(16,17)3/h6,8-10,15,17-19,24H,4-5,7,11H2,1-3H3/t15-,17-,18+,19+,20-,21+/m0/s1. The number of carbonyl (C=O) groups is 2. The lowest BCUT2D eigenvalue weighted by atomic mass is 9.47. The summed E-state index contributed by atoms with van der Waals surface area (Å²) < 4.78 is 0. The molecule has 0 aromatic carbocycles. The molecule has 0 aliphatic heterocycles. The second-order valence-corrected chi connectivity index (χ2v) is 8.62. The third-order valence-electron chi connectivity index (χ3n) is 7.46. The summed E-state index contributed by atoms with van der Waals surface area (Å²) in [6.45, 7) is 6.00. The van der Waals surface area contributed by atoms with Gasteiger partial charge < -0.3 is 5.11 Å². The van der Waals surface area contributed by atoms with Crippen LogP contribution >= 0.6 is 0 Å². The van der Waals surface area contributed by atoms with Gasteiger partial charge in [0.1, 0.15) is 0 Å². The molecule has 4 aliphatic rings. The predicted molar refractivity (Wildman–Crippen MR) is 92.2 cm³/mol. The Morgan fingerprint density at radius 2 is 2.08 bits per heavy atom. The van der Waals surface area contributed by atoms with E-state index in [-0.39, 0.29) is 28.3 Å². The monoisotopic (exact) mass is 326 g/mol. The van der Waals surface area contributed by atoms with Crippen LogP contribution in [-0.4, -0.2) is 22.8 Å². The van der Waals surface area contributed by atoms with Crippen LogP contribution in [0.2, 0.25) is 0 Å². The van der Waals surface area contributed by atoms with Gasteiger partial charge in [0.2, 0.25) is 0 Å². The molecule has 1 N–H and O–H groups in total. The molecule has 128 valence electrons. The Morgan fingerprint density at radius 1 is 1.33 bits per heavy atom. The van der Waals surface area contributed by atoms with Crippen LogP contribution in [0.3, 0.4) is 0 Å². The summed E-state index contributed by atoms with van der Waals surface area (Å²) in [5.41, 5.74) is 1.68. The zero-order valence-electron chi connectivity index (χ0n) is 14.7. The first-order valence-corrected chi connectivity index (χ1v) is 9.11. The summed E-state index contributed by atoms with van der Waals surface area (Å²) in [4.78, 5) is 23.9. The Bertz CT molecular complexity index is 713. The van der Waals surface area contributed by atoms with Crippen molar-refractivity contribution < 1.29 is 14.7 Å². The third-order valence-corrected chi connectivity index (χ3v) is 7.46. The molecule has 2 saturated carbocycles. The van der Waals surface area contributed by atoms with Gasteiger partial charge in [-0.25, -0.2) is 0 Å². The van der Waals surface area contributed by atoms with Gasteiger partial charge in [0, 0.05) is 16.7 Å². The minimum atomic E-state index is -0.441. The fraction of sp³-hybridized carbons (Fsp3) is 0.619. The van der Waals surface area contributed by atoms with Crippen LogP contribution in [0.1, 0.15) is 46.5 Å². The van der Waals surface area contributed by atoms with Gasteiger partial charge in [-0.15, -0.1) is 0 Å². The lowest BCUT2D eigenvalue weighted by Crippen LogP contribution is -2.55. The van der Waals surface area contributed by atoms with Crippen molar-refractivity contribution in [2.75, 3.05) is 0 Å². The molecule has 0 saturated heterocycles. The summed E-state index contributed by atoms with van der Waals surface area (Å²) >= 11 is 0. The van der Waals surface area contributed by atoms with Gasteiger partial charge in [-0.05, 0) is 62.2 Å². The minimum Gasteiger partial charge on any atom is -0.393 e. The number of aliphatic hydroxyl groups is 1. The van der Waals surface area contributed by atoms with Crippen molar-refractivity contribution in [3.63, 3.8) is 0 Å². The van der Waals surface area contributed by atoms with Gasteiger partial charge in [0.25, 0.3) is 0 Å². The number of Topliss-reactive ketones (excluding diaryl/α,β-unsaturated/α-hetero) is 1. The molecule has 0 aromatic rings. The van der Waals surface area contributed by atoms with E-state index in [4.69, 9.17) is 0 Å². The molecule has 0 radical (unpaired) electrons. The molecule has 0 aromatic heterocycles. The van der Waals surface area contributed by atoms with Crippen molar-refractivity contribution in [1.29, 1.82) is 0 Å². The number of hydrogen-bond acceptors (Lipinski definition) is 3. The van der Waals surface area contributed by atoms with Crippen LogP contribution < -0.4 is 0 Å². The van der Waals surface area contributed by atoms with Crippen molar-refractivity contribution in [1.82, 2.24) is 0 Å². The quantitative estimate of drug-likeness (QED) is 0.803. The minimum absolute atomic E-state index is 0.0671. The highest BCUT2D eigenvalue weighted by atomic mass is 16.3. The number of allylic oxidation sites excluding steroid dienone is 6. The number of carbonyl (C=O) groups excluding carboxylic acids is 2. The first kappa shape index (κ1) is 16.0. The average Bonchev–Trinajstić information content (AvgIpc) is 2.84. The molecule has 24 heavy (non-hydrogen) atoms. The lowest BCUT2D eigenvalue weighted by molar-refractivity contribution is -0.120. The zero-order chi connectivity index (χ0) is 17.3. The van der Waals surface area contributed by atoms with E-state index in [1.54, 1.807) is 19.1 Å². The highest BCUT2D eigenvalue weighted by Gasteiger charge is 2.60. The van der Waals surface area contributed by atoms with Crippen LogP contribution in [0.4, 0.5) is 0 Å². The maximum absolute atomic E-state index is 12.1. The number of hydrogen-bond donors (Lipinski definition) is 1. The van der Waals surface area contributed by atoms with Gasteiger partial charge in [0.05, 0.1) is 6.10 Å². The lowest BCUT2D eigenvalue weighted by Gasteiger charge is -2.58. The van der Waals surface area contributed by atoms with Gasteiger partial charge in [-0.3, -0.25) is 9.59 Å². The van der Waals surface area contributed by atoms with Gasteiger partial charge in [0.15, 0.2) is 11.6 Å². The smallest absolute Gasteiger partial charge is 0.178 e. The first-order chi connectivity index (χ1) is 11.3. The number of aliphatic hydroxyl groups excluding tert-OH is 1. The number of ketones is 2. The van der Waals surface area contributed by atoms with Crippen molar-refractivity contribution in [2.24, 2.45) is 28.6 Å². The number of fused-ring (bicyclic) bond motifs is 5. The molecular weight excluding hydrogens is 300 g/mol. The highest BCUT2D eigenvalue weighted by molar-refractivity contribution is 6.01. The normalized spacial score (nSPS) is 46.6. The summed E-state index contributed by atoms with van der Waals surface area (Å²) in [6.07, 6.45) is 10.7. The Morgan fingerprint density at radius 3 is 2.79 bits per heavy atom. The molecule has 3 heteroatoms. The molecule has 3 nitrogen and oxygen atoms in total. The molecule has 0 amide bonds. The molecular formula is C21H26O3. The maximum Gasteiger partial charge on any atom is 0.178 e. The molecule has 0 bridgehead atoms. The SMILES string of the molecule is CC(=O)C1=CC[C@H]2[C@@H]3CCC4=CC(=O)C=C[C@]4(C)[C@H]3[C@H](O)C[C@]12C. The summed E-state index contributed by atoms with van der Waals surface area (Å²) in [6, 6.07) is 0. The van der Waals surface area contributed by atoms with Gasteiger partial charge >= 0.3 is 0 Å². The van der Waals surface area contributed by atoms with Crippen LogP contribution in [0, 0.1) is 28.6 Å². The molecule has 2 fully saturated rings. The van der Waals surface area contributed by atoms with E-state index in [1.165, 1.54) is 5.57 Å². The second kappa shape index (κ2) is 5.01. The molecule has 4 rings (SSSR count). The van der Waals surface area contributed by atoms with E-state index in [2.05, 4.69) is 19.9 Å². The summed E-state index contributed by atoms with van der Waals surface area (Å²) in [5.74, 6) is 1.18. The van der Waals surface area contributed by atoms with Crippen LogP contribution in [-0.2, 0) is 9.59 Å². The Labute approximate surface area is 143 Å². The summed E-state index contributed by atoms with van der Waals surface area (Å²) in [5, 5.41) is 11.1. The highest BCUT2D eigenvalue weighted by Crippen LogP contribution is 2.64. The van der Waals surface area contributed by atoms with Gasteiger partial charge in [-0.2, -0.15) is 0 Å². The second-order valence-electron chi connectivity index (χ2n) is 8.62. The van der Waals surface area contributed by atoms with E-state index in [1.807, 2.05) is 6.08 Å². The molecule has 6 atom stereocenters. The average molecular weight is 326 g/mol. The first-order valence-electron chi connectivity index (χ1n) is 9.11. The van der Waals surface area contributed by atoms with Crippen molar-refractivity contribution in [2.45, 2.75) is 52.6 Å². The van der Waals surface area contributed by atoms with E-state index in [9.17, 15) is 14.7 Å². The molecule has 0 unspecified atom stereocenters. The van der Waals surface area contributed by atoms with Crippen molar-refractivity contribution in [3.8, 4) is 0 Å². The van der Waals surface area contributed by atoms with Gasteiger partial charge in [-0.1, -0.05) is 31.6 Å². The fourth-order valence-corrected chi connectivity index (χ4v) is 6.44. The zero-order valence-corrected chi connectivity index (χ0v) is 14.7. The Hall–Kier alpha value is -1.48. The molecule has 0 spiro atoms. The number of rotatable bonds is 1. The largest absolute Gasteiger partial charge is 0.393 e. The van der Waals surface area contributed by atoms with E-state index >= 15 is 0 Å². The third kappa shape index (κ3) is 1.94. The Kier molecular flexibility index (Phi) is 3.34. The predicted octanol–water partition coefficient (Wildman–Crippen LogP) is 3.39. The van der Waals surface area contributed by atoms with E-state index in [0.29, 0.717) is 18.3 Å². The molecule has 4 aliphatic carbocycles. The maximum atomic E-state index is 12.1. The van der Waals surface area contributed by atoms with Crippen molar-refractivity contribution >= 4 is 11.6 Å². The topological polar surface area (TPSA) is 54.4 Å². The fourth-order valence-electron chi connectivity index (χ4n) is 6.44. The van der Waals surface area contributed by atoms with Crippen LogP contribution in [0.25, 0.3) is 0 Å². The molecule has 0 heterocycles.